The Hall–Kier alpha value is -1.19. The Bertz CT molecular complexity index is 425. The quantitative estimate of drug-likeness (QED) is 0.883. The van der Waals surface area contributed by atoms with E-state index >= 15 is 0 Å². The van der Waals surface area contributed by atoms with E-state index in [1.165, 1.54) is 16.7 Å². The van der Waals surface area contributed by atoms with Crippen LogP contribution in [0.4, 0.5) is 0 Å². The van der Waals surface area contributed by atoms with Crippen LogP contribution in [0.2, 0.25) is 0 Å². The van der Waals surface area contributed by atoms with Crippen molar-refractivity contribution in [1.29, 1.82) is 0 Å². The second-order valence-corrected chi connectivity index (χ2v) is 5.10. The number of nitrogens with one attached hydrogen (secondary N) is 1. The zero-order chi connectivity index (χ0) is 13.1. The van der Waals surface area contributed by atoms with Crippen molar-refractivity contribution in [3.8, 4) is 0 Å². The van der Waals surface area contributed by atoms with Gasteiger partial charge < -0.3 is 10.1 Å². The van der Waals surface area contributed by atoms with E-state index in [0.717, 1.165) is 12.1 Å². The molecule has 0 saturated carbocycles. The topological polar surface area (TPSA) is 38.3 Å². The SMILES string of the molecule is Cc1cc(C)c(CC(=O)C2COCCN2)c(C)c1. The molecule has 0 spiro atoms. The van der Waals surface area contributed by atoms with Crippen molar-refractivity contribution in [3.05, 3.63) is 34.4 Å². The van der Waals surface area contributed by atoms with Gasteiger partial charge in [0.2, 0.25) is 0 Å². The highest BCUT2D eigenvalue weighted by Crippen LogP contribution is 2.18. The van der Waals surface area contributed by atoms with Gasteiger partial charge in [0, 0.05) is 13.0 Å². The molecule has 1 aliphatic rings. The third-order valence-electron chi connectivity index (χ3n) is 3.50. The van der Waals surface area contributed by atoms with Gasteiger partial charge in [-0.1, -0.05) is 17.7 Å². The molecule has 3 heteroatoms. The van der Waals surface area contributed by atoms with E-state index in [9.17, 15) is 4.79 Å². The first-order valence-electron chi connectivity index (χ1n) is 6.48. The Morgan fingerprint density at radius 2 is 2.00 bits per heavy atom. The van der Waals surface area contributed by atoms with Gasteiger partial charge >= 0.3 is 0 Å². The Balaban J connectivity index is 2.11. The summed E-state index contributed by atoms with van der Waals surface area (Å²) in [7, 11) is 0. The third kappa shape index (κ3) is 2.98. The summed E-state index contributed by atoms with van der Waals surface area (Å²) in [6.07, 6.45) is 0.499. The molecule has 0 amide bonds. The molecule has 3 nitrogen and oxygen atoms in total. The van der Waals surface area contributed by atoms with E-state index in [1.807, 2.05) is 0 Å². The Morgan fingerprint density at radius 3 is 2.56 bits per heavy atom. The van der Waals surface area contributed by atoms with Gasteiger partial charge in [-0.25, -0.2) is 0 Å². The van der Waals surface area contributed by atoms with Crippen LogP contribution in [0.15, 0.2) is 12.1 Å². The minimum absolute atomic E-state index is 0.140. The largest absolute Gasteiger partial charge is 0.378 e. The van der Waals surface area contributed by atoms with Crippen LogP contribution >= 0.6 is 0 Å². The van der Waals surface area contributed by atoms with Crippen molar-refractivity contribution in [2.24, 2.45) is 0 Å². The maximum atomic E-state index is 12.2. The Kier molecular flexibility index (Phi) is 4.15. The monoisotopic (exact) mass is 247 g/mol. The molecule has 1 aromatic rings. The lowest BCUT2D eigenvalue weighted by Gasteiger charge is -2.23. The lowest BCUT2D eigenvalue weighted by molar-refractivity contribution is -0.123. The van der Waals surface area contributed by atoms with Gasteiger partial charge in [-0.3, -0.25) is 4.79 Å². The number of carbonyl (C=O) groups is 1. The summed E-state index contributed by atoms with van der Waals surface area (Å²) in [5, 5.41) is 3.21. The number of benzene rings is 1. The summed E-state index contributed by atoms with van der Waals surface area (Å²) in [6, 6.07) is 4.14. The molecule has 0 bridgehead atoms. The molecule has 1 heterocycles. The molecule has 0 radical (unpaired) electrons. The number of rotatable bonds is 3. The molecular weight excluding hydrogens is 226 g/mol. The van der Waals surface area contributed by atoms with Gasteiger partial charge in [0.15, 0.2) is 5.78 Å². The summed E-state index contributed by atoms with van der Waals surface area (Å²) >= 11 is 0. The maximum Gasteiger partial charge on any atom is 0.156 e. The third-order valence-corrected chi connectivity index (χ3v) is 3.50. The lowest BCUT2D eigenvalue weighted by atomic mass is 9.94. The average molecular weight is 247 g/mol. The predicted molar refractivity (Wildman–Crippen MR) is 72.0 cm³/mol. The van der Waals surface area contributed by atoms with Crippen LogP contribution in [-0.4, -0.2) is 31.6 Å². The molecular formula is C15H21NO2. The number of Topliss-reactive ketones (excluding diaryl/α,β-unsaturated/α-hetero) is 1. The van der Waals surface area contributed by atoms with Crippen molar-refractivity contribution in [2.75, 3.05) is 19.8 Å². The smallest absolute Gasteiger partial charge is 0.156 e. The standard InChI is InChI=1S/C15H21NO2/c1-10-6-11(2)13(12(3)7-10)8-15(17)14-9-18-5-4-16-14/h6-7,14,16H,4-5,8-9H2,1-3H3. The van der Waals surface area contributed by atoms with E-state index in [-0.39, 0.29) is 11.8 Å². The van der Waals surface area contributed by atoms with Crippen LogP contribution in [0.25, 0.3) is 0 Å². The van der Waals surface area contributed by atoms with Crippen LogP contribution in [0.1, 0.15) is 22.3 Å². The summed E-state index contributed by atoms with van der Waals surface area (Å²) in [5.74, 6) is 0.227. The van der Waals surface area contributed by atoms with Crippen LogP contribution < -0.4 is 5.32 Å². The Labute approximate surface area is 109 Å². The second-order valence-electron chi connectivity index (χ2n) is 5.10. The minimum Gasteiger partial charge on any atom is -0.378 e. The maximum absolute atomic E-state index is 12.2. The summed E-state index contributed by atoms with van der Waals surface area (Å²) in [6.45, 7) is 8.21. The van der Waals surface area contributed by atoms with E-state index in [1.54, 1.807) is 0 Å². The first kappa shape index (κ1) is 13.2. The first-order chi connectivity index (χ1) is 8.58. The van der Waals surface area contributed by atoms with E-state index in [0.29, 0.717) is 19.6 Å². The first-order valence-corrected chi connectivity index (χ1v) is 6.48. The van der Waals surface area contributed by atoms with E-state index in [2.05, 4.69) is 38.2 Å². The highest BCUT2D eigenvalue weighted by Gasteiger charge is 2.22. The van der Waals surface area contributed by atoms with Crippen molar-refractivity contribution in [3.63, 3.8) is 0 Å². The molecule has 1 aromatic carbocycles. The van der Waals surface area contributed by atoms with Crippen LogP contribution in [0, 0.1) is 20.8 Å². The molecule has 1 aliphatic heterocycles. The minimum atomic E-state index is -0.140. The highest BCUT2D eigenvalue weighted by atomic mass is 16.5. The number of morpholine rings is 1. The van der Waals surface area contributed by atoms with E-state index in [4.69, 9.17) is 4.74 Å². The van der Waals surface area contributed by atoms with Crippen LogP contribution in [0.3, 0.4) is 0 Å². The normalized spacial score (nSPS) is 19.8. The second kappa shape index (κ2) is 5.63. The highest BCUT2D eigenvalue weighted by molar-refractivity contribution is 5.86. The number of ketones is 1. The van der Waals surface area contributed by atoms with Crippen molar-refractivity contribution in [1.82, 2.24) is 5.32 Å². The van der Waals surface area contributed by atoms with Gasteiger partial charge in [0.1, 0.15) is 0 Å². The number of ether oxygens (including phenoxy) is 1. The van der Waals surface area contributed by atoms with Gasteiger partial charge in [-0.2, -0.15) is 0 Å². The molecule has 98 valence electrons. The molecule has 0 aromatic heterocycles. The zero-order valence-corrected chi connectivity index (χ0v) is 11.4. The van der Waals surface area contributed by atoms with Gasteiger partial charge in [0.05, 0.1) is 19.3 Å². The zero-order valence-electron chi connectivity index (χ0n) is 11.4. The molecule has 0 aliphatic carbocycles. The number of carbonyl (C=O) groups excluding carboxylic acids is 1. The summed E-state index contributed by atoms with van der Waals surface area (Å²) < 4.78 is 5.34. The van der Waals surface area contributed by atoms with Crippen molar-refractivity contribution < 1.29 is 9.53 Å². The molecule has 1 unspecified atom stereocenters. The van der Waals surface area contributed by atoms with Gasteiger partial charge in [-0.05, 0) is 37.5 Å². The van der Waals surface area contributed by atoms with Crippen molar-refractivity contribution >= 4 is 5.78 Å². The van der Waals surface area contributed by atoms with Gasteiger partial charge in [0.25, 0.3) is 0 Å². The number of hydrogen-bond acceptors (Lipinski definition) is 3. The number of aryl methyl sites for hydroxylation is 3. The molecule has 2 rings (SSSR count). The van der Waals surface area contributed by atoms with Crippen LogP contribution in [-0.2, 0) is 16.0 Å². The van der Waals surface area contributed by atoms with Crippen molar-refractivity contribution in [2.45, 2.75) is 33.2 Å². The molecule has 1 fully saturated rings. The number of hydrogen-bond donors (Lipinski definition) is 1. The fraction of sp³-hybridized carbons (Fsp3) is 0.533. The average Bonchev–Trinajstić information content (AvgIpc) is 2.34. The molecule has 18 heavy (non-hydrogen) atoms. The molecule has 1 N–H and O–H groups in total. The fourth-order valence-corrected chi connectivity index (χ4v) is 2.56. The summed E-state index contributed by atoms with van der Waals surface area (Å²) in [4.78, 5) is 12.2. The van der Waals surface area contributed by atoms with E-state index < -0.39 is 0 Å². The molecule has 1 saturated heterocycles. The summed E-state index contributed by atoms with van der Waals surface area (Å²) in [5.41, 5.74) is 4.83. The Morgan fingerprint density at radius 1 is 1.33 bits per heavy atom. The molecule has 1 atom stereocenters. The van der Waals surface area contributed by atoms with Crippen LogP contribution in [0.5, 0.6) is 0 Å². The lowest BCUT2D eigenvalue weighted by Crippen LogP contribution is -2.47. The predicted octanol–water partition coefficient (Wildman–Crippen LogP) is 1.71. The fourth-order valence-electron chi connectivity index (χ4n) is 2.56. The van der Waals surface area contributed by atoms with Gasteiger partial charge in [-0.15, -0.1) is 0 Å².